The minimum atomic E-state index is 1.01. The number of aryl methyl sites for hydroxylation is 2. The van der Waals surface area contributed by atoms with Crippen LogP contribution in [0.25, 0.3) is 76.1 Å². The Balaban J connectivity index is 1.11. The number of rotatable bonds is 7. The minimum absolute atomic E-state index is 1.01. The van der Waals surface area contributed by atoms with Crippen LogP contribution in [-0.4, -0.2) is 14.1 Å². The summed E-state index contributed by atoms with van der Waals surface area (Å²) in [6.45, 7) is 4.27. The minimum Gasteiger partial charge on any atom is -0.311 e. The molecule has 276 valence electrons. The molecule has 0 radical (unpaired) electrons. The van der Waals surface area contributed by atoms with E-state index >= 15 is 0 Å². The molecule has 58 heavy (non-hydrogen) atoms. The van der Waals surface area contributed by atoms with Gasteiger partial charge in [0.05, 0.1) is 32.5 Å². The van der Waals surface area contributed by atoms with E-state index in [0.29, 0.717) is 0 Å². The molecule has 0 fully saturated rings. The first kappa shape index (κ1) is 34.1. The molecule has 0 bridgehead atoms. The van der Waals surface area contributed by atoms with Crippen LogP contribution in [0.15, 0.2) is 194 Å². The van der Waals surface area contributed by atoms with Crippen LogP contribution in [0, 0.1) is 13.8 Å². The largest absolute Gasteiger partial charge is 0.311 e. The van der Waals surface area contributed by atoms with Gasteiger partial charge in [-0.1, -0.05) is 114 Å². The van der Waals surface area contributed by atoms with Gasteiger partial charge < -0.3 is 14.0 Å². The summed E-state index contributed by atoms with van der Waals surface area (Å²) in [6, 6.07) is 70.2. The normalized spacial score (nSPS) is 11.6. The van der Waals surface area contributed by atoms with Gasteiger partial charge in [-0.25, -0.2) is 4.98 Å². The lowest BCUT2D eigenvalue weighted by molar-refractivity contribution is 1.13. The summed E-state index contributed by atoms with van der Waals surface area (Å²) >= 11 is 1.75. The van der Waals surface area contributed by atoms with Gasteiger partial charge in [0, 0.05) is 50.2 Å². The molecule has 5 heteroatoms. The lowest BCUT2D eigenvalue weighted by Gasteiger charge is -2.26. The molecule has 0 aliphatic carbocycles. The Morgan fingerprint density at radius 2 is 0.879 bits per heavy atom. The number of fused-ring (bicyclic) bond motifs is 5. The number of nitrogens with zero attached hydrogens (tertiary/aromatic N) is 4. The third kappa shape index (κ3) is 5.62. The molecular weight excluding hydrogens is 725 g/mol. The molecule has 11 aromatic rings. The van der Waals surface area contributed by atoms with Gasteiger partial charge in [0.2, 0.25) is 0 Å². The maximum Gasteiger partial charge on any atom is 0.127 e. The van der Waals surface area contributed by atoms with Crippen LogP contribution in [-0.2, 0) is 0 Å². The van der Waals surface area contributed by atoms with E-state index in [0.717, 1.165) is 61.3 Å². The van der Waals surface area contributed by atoms with Crippen LogP contribution >= 0.6 is 11.3 Å². The summed E-state index contributed by atoms with van der Waals surface area (Å²) < 4.78 is 5.99. The van der Waals surface area contributed by atoms with Gasteiger partial charge in [0.25, 0.3) is 0 Å². The Morgan fingerprint density at radius 1 is 0.431 bits per heavy atom. The zero-order valence-electron chi connectivity index (χ0n) is 32.2. The highest BCUT2D eigenvalue weighted by Gasteiger charge is 2.24. The zero-order valence-corrected chi connectivity index (χ0v) is 33.0. The predicted molar refractivity (Wildman–Crippen MR) is 246 cm³/mol. The number of hydrogen-bond donors (Lipinski definition) is 0. The molecule has 0 saturated heterocycles. The fraction of sp³-hybridized carbons (Fsp3) is 0.0377. The Labute approximate surface area is 341 Å². The first-order valence-electron chi connectivity index (χ1n) is 19.7. The van der Waals surface area contributed by atoms with E-state index in [1.54, 1.807) is 11.3 Å². The molecule has 0 unspecified atom stereocenters. The number of para-hydroxylation sites is 4. The van der Waals surface area contributed by atoms with E-state index in [9.17, 15) is 0 Å². The highest BCUT2D eigenvalue weighted by atomic mass is 32.1. The molecule has 0 spiro atoms. The van der Waals surface area contributed by atoms with Crippen LogP contribution in [0.2, 0.25) is 0 Å². The average Bonchev–Trinajstić information content (AvgIpc) is 3.96. The average molecular weight is 763 g/mol. The maximum absolute atomic E-state index is 5.26. The van der Waals surface area contributed by atoms with Crippen molar-refractivity contribution in [3.8, 4) is 33.2 Å². The smallest absolute Gasteiger partial charge is 0.127 e. The van der Waals surface area contributed by atoms with E-state index in [4.69, 9.17) is 4.98 Å². The molecule has 3 heterocycles. The fourth-order valence-electron chi connectivity index (χ4n) is 8.53. The van der Waals surface area contributed by atoms with Crippen molar-refractivity contribution in [1.29, 1.82) is 0 Å². The monoisotopic (exact) mass is 762 g/mol. The summed E-state index contributed by atoms with van der Waals surface area (Å²) in [7, 11) is 0. The zero-order chi connectivity index (χ0) is 38.7. The Hall–Kier alpha value is -7.21. The molecule has 0 atom stereocenters. The maximum atomic E-state index is 5.26. The van der Waals surface area contributed by atoms with Gasteiger partial charge in [-0.05, 0) is 110 Å². The van der Waals surface area contributed by atoms with Crippen LogP contribution in [0.4, 0.5) is 17.1 Å². The molecule has 8 aromatic carbocycles. The van der Waals surface area contributed by atoms with E-state index in [1.807, 2.05) is 0 Å². The van der Waals surface area contributed by atoms with Crippen LogP contribution in [0.5, 0.6) is 0 Å². The van der Waals surface area contributed by atoms with Crippen LogP contribution in [0.3, 0.4) is 0 Å². The summed E-state index contributed by atoms with van der Waals surface area (Å²) in [5.74, 6) is 0. The lowest BCUT2D eigenvalue weighted by Crippen LogP contribution is -2.10. The second kappa shape index (κ2) is 13.8. The number of hydrogen-bond acceptors (Lipinski definition) is 3. The third-order valence-corrected chi connectivity index (χ3v) is 12.4. The van der Waals surface area contributed by atoms with Gasteiger partial charge in [-0.15, -0.1) is 11.3 Å². The Morgan fingerprint density at radius 3 is 1.45 bits per heavy atom. The standard InChI is InChI=1S/C53H38N4S/c1-35-19-25-38(26-20-35)55(39-27-21-36(2)22-28-39)40-31-33-42(34-32-40)57-49-17-9-5-13-45(49)51(53-54-46-14-6-10-18-50(46)58-53)52(57)37-23-29-41(30-24-37)56-47-15-7-3-11-43(47)44-12-4-8-16-48(44)56/h3-34H,1-2H3. The molecule has 4 nitrogen and oxygen atoms in total. The highest BCUT2D eigenvalue weighted by molar-refractivity contribution is 7.21. The van der Waals surface area contributed by atoms with Crippen molar-refractivity contribution in [2.45, 2.75) is 13.8 Å². The second-order valence-corrected chi connectivity index (χ2v) is 16.0. The topological polar surface area (TPSA) is 26.0 Å². The van der Waals surface area contributed by atoms with Crippen molar-refractivity contribution < 1.29 is 0 Å². The second-order valence-electron chi connectivity index (χ2n) is 15.0. The van der Waals surface area contributed by atoms with Crippen molar-refractivity contribution in [2.24, 2.45) is 0 Å². The summed E-state index contributed by atoms with van der Waals surface area (Å²) in [5, 5.41) is 4.70. The predicted octanol–water partition coefficient (Wildman–Crippen LogP) is 14.8. The van der Waals surface area contributed by atoms with Crippen molar-refractivity contribution in [2.75, 3.05) is 4.90 Å². The van der Waals surface area contributed by atoms with Crippen molar-refractivity contribution in [3.05, 3.63) is 205 Å². The first-order valence-corrected chi connectivity index (χ1v) is 20.5. The molecule has 0 aliphatic rings. The lowest BCUT2D eigenvalue weighted by atomic mass is 10.0. The molecule has 0 amide bonds. The van der Waals surface area contributed by atoms with Crippen LogP contribution < -0.4 is 4.90 Å². The van der Waals surface area contributed by atoms with Gasteiger partial charge in [-0.3, -0.25) is 0 Å². The van der Waals surface area contributed by atoms with Gasteiger partial charge >= 0.3 is 0 Å². The number of benzene rings is 8. The van der Waals surface area contributed by atoms with E-state index in [1.165, 1.54) is 43.0 Å². The van der Waals surface area contributed by atoms with Gasteiger partial charge in [0.15, 0.2) is 0 Å². The summed E-state index contributed by atoms with van der Waals surface area (Å²) in [4.78, 5) is 7.59. The quantitative estimate of drug-likeness (QED) is 0.162. The first-order chi connectivity index (χ1) is 28.6. The SMILES string of the molecule is Cc1ccc(N(c2ccc(C)cc2)c2ccc(-n3c(-c4ccc(-n5c6ccccc6c6ccccc65)cc4)c(-c4nc5ccccc5s4)c4ccccc43)cc2)cc1. The molecule has 0 aliphatic heterocycles. The molecule has 3 aromatic heterocycles. The van der Waals surface area contributed by atoms with E-state index in [2.05, 4.69) is 222 Å². The van der Waals surface area contributed by atoms with Gasteiger partial charge in [-0.2, -0.15) is 0 Å². The molecular formula is C53H38N4S. The summed E-state index contributed by atoms with van der Waals surface area (Å²) in [6.07, 6.45) is 0. The Kier molecular flexibility index (Phi) is 8.09. The number of anilines is 3. The number of thiazole rings is 1. The van der Waals surface area contributed by atoms with E-state index in [-0.39, 0.29) is 0 Å². The van der Waals surface area contributed by atoms with Crippen molar-refractivity contribution in [1.82, 2.24) is 14.1 Å². The Bertz CT molecular complexity index is 3140. The fourth-order valence-corrected chi connectivity index (χ4v) is 9.56. The molecule has 0 saturated carbocycles. The highest BCUT2D eigenvalue weighted by Crippen LogP contribution is 2.46. The molecule has 11 rings (SSSR count). The van der Waals surface area contributed by atoms with Crippen molar-refractivity contribution >= 4 is 71.3 Å². The van der Waals surface area contributed by atoms with E-state index < -0.39 is 0 Å². The number of aromatic nitrogens is 3. The van der Waals surface area contributed by atoms with Crippen molar-refractivity contribution in [3.63, 3.8) is 0 Å². The third-order valence-electron chi connectivity index (χ3n) is 11.3. The van der Waals surface area contributed by atoms with Crippen LogP contribution in [0.1, 0.15) is 11.1 Å². The summed E-state index contributed by atoms with van der Waals surface area (Å²) in [5.41, 5.74) is 16.0. The molecule has 0 N–H and O–H groups in total. The van der Waals surface area contributed by atoms with Gasteiger partial charge in [0.1, 0.15) is 5.01 Å².